The highest BCUT2D eigenvalue weighted by molar-refractivity contribution is 5.92. The van der Waals surface area contributed by atoms with E-state index in [4.69, 9.17) is 18.6 Å². The number of para-hydroxylation sites is 1. The van der Waals surface area contributed by atoms with E-state index < -0.39 is 0 Å². The molecule has 2 heterocycles. The number of furan rings is 1. The molecule has 28 heavy (non-hydrogen) atoms. The van der Waals surface area contributed by atoms with Crippen molar-refractivity contribution in [2.45, 2.75) is 19.9 Å². The summed E-state index contributed by atoms with van der Waals surface area (Å²) < 4.78 is 22.2. The SMILES string of the molecule is CCOc1cccc2cc(C(C)NC(=O)/C=C/c3ccc4c(c3)OCO4)oc12. The lowest BCUT2D eigenvalue weighted by molar-refractivity contribution is -0.117. The maximum atomic E-state index is 12.3. The summed E-state index contributed by atoms with van der Waals surface area (Å²) in [6.07, 6.45) is 3.22. The van der Waals surface area contributed by atoms with Gasteiger partial charge in [-0.25, -0.2) is 0 Å². The Balaban J connectivity index is 1.44. The van der Waals surface area contributed by atoms with E-state index in [1.807, 2.05) is 56.3 Å². The lowest BCUT2D eigenvalue weighted by atomic mass is 10.2. The van der Waals surface area contributed by atoms with Gasteiger partial charge in [0.25, 0.3) is 0 Å². The summed E-state index contributed by atoms with van der Waals surface area (Å²) in [5.41, 5.74) is 1.55. The van der Waals surface area contributed by atoms with E-state index in [0.29, 0.717) is 35.2 Å². The molecule has 144 valence electrons. The van der Waals surface area contributed by atoms with Crippen molar-refractivity contribution in [3.63, 3.8) is 0 Å². The number of hydrogen-bond acceptors (Lipinski definition) is 5. The molecule has 0 fully saturated rings. The van der Waals surface area contributed by atoms with Crippen LogP contribution in [-0.2, 0) is 4.79 Å². The first kappa shape index (κ1) is 18.0. The summed E-state index contributed by atoms with van der Waals surface area (Å²) in [6.45, 7) is 4.59. The molecule has 1 atom stereocenters. The van der Waals surface area contributed by atoms with Crippen molar-refractivity contribution in [1.29, 1.82) is 0 Å². The molecule has 0 spiro atoms. The zero-order valence-electron chi connectivity index (χ0n) is 15.7. The molecule has 3 aromatic rings. The minimum Gasteiger partial charge on any atom is -0.490 e. The summed E-state index contributed by atoms with van der Waals surface area (Å²) in [5, 5.41) is 3.86. The summed E-state index contributed by atoms with van der Waals surface area (Å²) in [5.74, 6) is 2.56. The molecule has 1 unspecified atom stereocenters. The highest BCUT2D eigenvalue weighted by Crippen LogP contribution is 2.33. The number of rotatable bonds is 6. The largest absolute Gasteiger partial charge is 0.490 e. The number of fused-ring (bicyclic) bond motifs is 2. The van der Waals surface area contributed by atoms with Gasteiger partial charge in [-0.15, -0.1) is 0 Å². The van der Waals surface area contributed by atoms with Crippen molar-refractivity contribution < 1.29 is 23.4 Å². The standard InChI is InChI=1S/C22H21NO5/c1-3-25-18-6-4-5-16-12-19(28-22(16)18)14(2)23-21(24)10-8-15-7-9-17-20(11-15)27-13-26-17/h4-12,14H,3,13H2,1-2H3,(H,23,24)/b10-8+. The van der Waals surface area contributed by atoms with Crippen LogP contribution in [0, 0.1) is 0 Å². The lowest BCUT2D eigenvalue weighted by Crippen LogP contribution is -2.24. The summed E-state index contributed by atoms with van der Waals surface area (Å²) >= 11 is 0. The number of carbonyl (C=O) groups excluding carboxylic acids is 1. The monoisotopic (exact) mass is 379 g/mol. The quantitative estimate of drug-likeness (QED) is 0.641. The van der Waals surface area contributed by atoms with E-state index in [1.54, 1.807) is 6.08 Å². The van der Waals surface area contributed by atoms with Crippen LogP contribution >= 0.6 is 0 Å². The molecule has 4 rings (SSSR count). The molecule has 1 amide bonds. The van der Waals surface area contributed by atoms with Gasteiger partial charge < -0.3 is 23.9 Å². The smallest absolute Gasteiger partial charge is 0.244 e. The zero-order valence-corrected chi connectivity index (χ0v) is 15.7. The van der Waals surface area contributed by atoms with Crippen LogP contribution in [0.5, 0.6) is 17.2 Å². The van der Waals surface area contributed by atoms with Gasteiger partial charge in [0.05, 0.1) is 12.6 Å². The molecular formula is C22H21NO5. The fourth-order valence-corrected chi connectivity index (χ4v) is 3.06. The van der Waals surface area contributed by atoms with Gasteiger partial charge >= 0.3 is 0 Å². The number of nitrogens with one attached hydrogen (secondary N) is 1. The first-order valence-corrected chi connectivity index (χ1v) is 9.17. The van der Waals surface area contributed by atoms with Crippen LogP contribution in [0.3, 0.4) is 0 Å². The minimum absolute atomic E-state index is 0.212. The third kappa shape index (κ3) is 3.67. The average Bonchev–Trinajstić information content (AvgIpc) is 3.33. The van der Waals surface area contributed by atoms with Gasteiger partial charge in [0.2, 0.25) is 12.7 Å². The van der Waals surface area contributed by atoms with E-state index in [1.165, 1.54) is 6.08 Å². The molecule has 2 aromatic carbocycles. The second-order valence-corrected chi connectivity index (χ2v) is 6.43. The minimum atomic E-state index is -0.282. The zero-order chi connectivity index (χ0) is 19.5. The molecule has 6 nitrogen and oxygen atoms in total. The van der Waals surface area contributed by atoms with Gasteiger partial charge in [0, 0.05) is 11.5 Å². The summed E-state index contributed by atoms with van der Waals surface area (Å²) in [7, 11) is 0. The maximum absolute atomic E-state index is 12.3. The maximum Gasteiger partial charge on any atom is 0.244 e. The van der Waals surface area contributed by atoms with Crippen molar-refractivity contribution in [1.82, 2.24) is 5.32 Å². The van der Waals surface area contributed by atoms with Gasteiger partial charge in [-0.3, -0.25) is 4.79 Å². The Morgan fingerprint density at radius 1 is 1.21 bits per heavy atom. The Bertz CT molecular complexity index is 1040. The lowest BCUT2D eigenvalue weighted by Gasteiger charge is -2.09. The first-order valence-electron chi connectivity index (χ1n) is 9.17. The van der Waals surface area contributed by atoms with Crippen molar-refractivity contribution in [3.05, 3.63) is 59.9 Å². The molecule has 0 aliphatic carbocycles. The molecule has 0 saturated carbocycles. The van der Waals surface area contributed by atoms with E-state index >= 15 is 0 Å². The number of hydrogen-bond donors (Lipinski definition) is 1. The van der Waals surface area contributed by atoms with E-state index in [9.17, 15) is 4.79 Å². The summed E-state index contributed by atoms with van der Waals surface area (Å²) in [6, 6.07) is 12.9. The normalized spacial score (nSPS) is 13.8. The van der Waals surface area contributed by atoms with Crippen LogP contribution in [0.25, 0.3) is 17.0 Å². The van der Waals surface area contributed by atoms with Crippen LogP contribution in [-0.4, -0.2) is 19.3 Å². The molecular weight excluding hydrogens is 358 g/mol. The second-order valence-electron chi connectivity index (χ2n) is 6.43. The van der Waals surface area contributed by atoms with E-state index in [2.05, 4.69) is 5.32 Å². The third-order valence-corrected chi connectivity index (χ3v) is 4.44. The molecule has 0 saturated heterocycles. The average molecular weight is 379 g/mol. The van der Waals surface area contributed by atoms with Gasteiger partial charge in [-0.05, 0) is 49.8 Å². The van der Waals surface area contributed by atoms with Crippen molar-refractivity contribution >= 4 is 23.0 Å². The second kappa shape index (κ2) is 7.68. The van der Waals surface area contributed by atoms with Crippen LogP contribution in [0.4, 0.5) is 0 Å². The predicted molar refractivity (Wildman–Crippen MR) is 106 cm³/mol. The number of benzene rings is 2. The van der Waals surface area contributed by atoms with Crippen LogP contribution < -0.4 is 19.5 Å². The van der Waals surface area contributed by atoms with Crippen molar-refractivity contribution in [3.8, 4) is 17.2 Å². The topological polar surface area (TPSA) is 69.9 Å². The number of carbonyl (C=O) groups is 1. The van der Waals surface area contributed by atoms with E-state index in [0.717, 1.165) is 10.9 Å². The molecule has 0 bridgehead atoms. The van der Waals surface area contributed by atoms with Crippen LogP contribution in [0.1, 0.15) is 31.2 Å². The Morgan fingerprint density at radius 3 is 2.93 bits per heavy atom. The predicted octanol–water partition coefficient (Wildman–Crippen LogP) is 4.45. The molecule has 1 aromatic heterocycles. The Hall–Kier alpha value is -3.41. The Morgan fingerprint density at radius 2 is 2.07 bits per heavy atom. The first-order chi connectivity index (χ1) is 13.6. The molecule has 0 radical (unpaired) electrons. The third-order valence-electron chi connectivity index (χ3n) is 4.44. The summed E-state index contributed by atoms with van der Waals surface area (Å²) in [4.78, 5) is 12.3. The van der Waals surface area contributed by atoms with Crippen LogP contribution in [0.15, 0.2) is 53.0 Å². The van der Waals surface area contributed by atoms with Gasteiger partial charge in [-0.1, -0.05) is 18.2 Å². The Kier molecular flexibility index (Phi) is 4.93. The van der Waals surface area contributed by atoms with Gasteiger partial charge in [-0.2, -0.15) is 0 Å². The fraction of sp³-hybridized carbons (Fsp3) is 0.227. The van der Waals surface area contributed by atoms with E-state index in [-0.39, 0.29) is 18.7 Å². The highest BCUT2D eigenvalue weighted by Gasteiger charge is 2.16. The van der Waals surface area contributed by atoms with Gasteiger partial charge in [0.1, 0.15) is 5.76 Å². The fourth-order valence-electron chi connectivity index (χ4n) is 3.06. The molecule has 1 aliphatic heterocycles. The molecule has 1 aliphatic rings. The van der Waals surface area contributed by atoms with Crippen molar-refractivity contribution in [2.24, 2.45) is 0 Å². The highest BCUT2D eigenvalue weighted by atomic mass is 16.7. The number of amides is 1. The molecule has 1 N–H and O–H groups in total. The Labute approximate surface area is 162 Å². The van der Waals surface area contributed by atoms with Crippen LogP contribution in [0.2, 0.25) is 0 Å². The van der Waals surface area contributed by atoms with Crippen molar-refractivity contribution in [2.75, 3.05) is 13.4 Å². The molecule has 6 heteroatoms. The van der Waals surface area contributed by atoms with Gasteiger partial charge in [0.15, 0.2) is 22.8 Å². The number of ether oxygens (including phenoxy) is 3.